The number of sulfonamides is 1. The minimum Gasteiger partial charge on any atom is -0.444 e. The molecule has 5 rings (SSSR count). The Labute approximate surface area is 259 Å². The zero-order chi connectivity index (χ0) is 31.5. The van der Waals surface area contributed by atoms with Gasteiger partial charge in [0, 0.05) is 34.9 Å². The average Bonchev–Trinajstić information content (AvgIpc) is 2.97. The van der Waals surface area contributed by atoms with Gasteiger partial charge in [0.2, 0.25) is 5.95 Å². The first-order valence-corrected chi connectivity index (χ1v) is 16.5. The van der Waals surface area contributed by atoms with Crippen LogP contribution in [0.2, 0.25) is 0 Å². The van der Waals surface area contributed by atoms with Gasteiger partial charge in [-0.25, -0.2) is 28.2 Å². The van der Waals surface area contributed by atoms with Crippen molar-refractivity contribution in [2.24, 2.45) is 0 Å². The van der Waals surface area contributed by atoms with E-state index in [4.69, 9.17) is 9.72 Å². The monoisotopic (exact) mass is 616 g/mol. The number of amides is 1. The largest absolute Gasteiger partial charge is 0.444 e. The van der Waals surface area contributed by atoms with Crippen LogP contribution in [0.15, 0.2) is 65.7 Å². The number of benzene rings is 2. The van der Waals surface area contributed by atoms with Gasteiger partial charge in [-0.05, 0) is 107 Å². The standard InChI is InChI=1S/C33H40N6O4S/c1-6-22-18-23(28-16-17-29(35-21(28)2)39-44(41,42)27-10-8-7-9-11-27)19-24-20-34-31(38-30(22)24)36-25-12-14-26(15-13-25)37-32(40)43-33(3,4)5/h7-11,16-20,25-26H,6,12-15H2,1-5H3,(H,35,39)(H,37,40)(H,34,36,38)/t25-,26-. The molecule has 44 heavy (non-hydrogen) atoms. The number of nitrogens with one attached hydrogen (secondary N) is 3. The Bertz CT molecular complexity index is 1750. The number of aromatic nitrogens is 3. The lowest BCUT2D eigenvalue weighted by Gasteiger charge is -2.30. The highest BCUT2D eigenvalue weighted by molar-refractivity contribution is 7.92. The number of carbonyl (C=O) groups is 1. The molecule has 0 spiro atoms. The summed E-state index contributed by atoms with van der Waals surface area (Å²) in [6.07, 6.45) is 5.75. The van der Waals surface area contributed by atoms with Gasteiger partial charge in [0.15, 0.2) is 0 Å². The highest BCUT2D eigenvalue weighted by atomic mass is 32.2. The SMILES string of the molecule is CCc1cc(-c2ccc(NS(=O)(=O)c3ccccc3)nc2C)cc2cnc(N[C@H]3CC[C@H](NC(=O)OC(C)(C)C)CC3)nc12. The van der Waals surface area contributed by atoms with Crippen LogP contribution in [0.1, 0.15) is 64.6 Å². The second-order valence-corrected chi connectivity index (χ2v) is 13.9. The number of alkyl carbamates (subject to hydrolysis) is 1. The van der Waals surface area contributed by atoms with Crippen LogP contribution < -0.4 is 15.4 Å². The smallest absolute Gasteiger partial charge is 0.407 e. The number of pyridine rings is 1. The van der Waals surface area contributed by atoms with Gasteiger partial charge in [0.25, 0.3) is 10.0 Å². The second kappa shape index (κ2) is 12.8. The zero-order valence-corrected chi connectivity index (χ0v) is 26.7. The van der Waals surface area contributed by atoms with E-state index >= 15 is 0 Å². The third-order valence-electron chi connectivity index (χ3n) is 7.61. The molecular formula is C33H40N6O4S. The number of anilines is 2. The average molecular weight is 617 g/mol. The van der Waals surface area contributed by atoms with Crippen LogP contribution in [0.5, 0.6) is 0 Å². The number of aryl methyl sites for hydroxylation is 2. The van der Waals surface area contributed by atoms with Crippen molar-refractivity contribution in [2.75, 3.05) is 10.0 Å². The number of fused-ring (bicyclic) bond motifs is 1. The van der Waals surface area contributed by atoms with Gasteiger partial charge >= 0.3 is 6.09 Å². The van der Waals surface area contributed by atoms with E-state index in [1.165, 1.54) is 0 Å². The second-order valence-electron chi connectivity index (χ2n) is 12.2. The third-order valence-corrected chi connectivity index (χ3v) is 8.98. The number of hydrogen-bond acceptors (Lipinski definition) is 8. The van der Waals surface area contributed by atoms with Gasteiger partial charge in [-0.2, -0.15) is 0 Å². The minimum atomic E-state index is -3.73. The Morgan fingerprint density at radius 2 is 1.68 bits per heavy atom. The van der Waals surface area contributed by atoms with Crippen molar-refractivity contribution in [2.45, 2.75) is 89.3 Å². The predicted octanol–water partition coefficient (Wildman–Crippen LogP) is 6.61. The maximum Gasteiger partial charge on any atom is 0.407 e. The molecule has 10 nitrogen and oxygen atoms in total. The molecule has 1 fully saturated rings. The topological polar surface area (TPSA) is 135 Å². The molecule has 3 N–H and O–H groups in total. The van der Waals surface area contributed by atoms with Gasteiger partial charge in [-0.1, -0.05) is 25.1 Å². The molecule has 2 aromatic heterocycles. The number of ether oxygens (including phenoxy) is 1. The molecule has 0 radical (unpaired) electrons. The fraction of sp³-hybridized carbons (Fsp3) is 0.394. The van der Waals surface area contributed by atoms with Crippen molar-refractivity contribution < 1.29 is 17.9 Å². The van der Waals surface area contributed by atoms with E-state index in [0.717, 1.165) is 59.7 Å². The lowest BCUT2D eigenvalue weighted by Crippen LogP contribution is -2.42. The van der Waals surface area contributed by atoms with Crippen LogP contribution in [0.4, 0.5) is 16.6 Å². The highest BCUT2D eigenvalue weighted by Crippen LogP contribution is 2.31. The summed E-state index contributed by atoms with van der Waals surface area (Å²) in [6.45, 7) is 9.55. The van der Waals surface area contributed by atoms with Gasteiger partial charge < -0.3 is 15.4 Å². The number of rotatable bonds is 8. The van der Waals surface area contributed by atoms with Crippen molar-refractivity contribution in [3.8, 4) is 11.1 Å². The fourth-order valence-corrected chi connectivity index (χ4v) is 6.49. The van der Waals surface area contributed by atoms with Crippen LogP contribution in [-0.2, 0) is 21.2 Å². The maximum atomic E-state index is 12.8. The minimum absolute atomic E-state index is 0.0987. The molecular weight excluding hydrogens is 576 g/mol. The summed E-state index contributed by atoms with van der Waals surface area (Å²) in [6, 6.07) is 16.3. The maximum absolute atomic E-state index is 12.8. The molecule has 1 aliphatic carbocycles. The summed E-state index contributed by atoms with van der Waals surface area (Å²) in [5.74, 6) is 0.858. The van der Waals surface area contributed by atoms with Crippen molar-refractivity contribution in [1.29, 1.82) is 0 Å². The molecule has 0 aliphatic heterocycles. The molecule has 0 bridgehead atoms. The Hall–Kier alpha value is -4.25. The van der Waals surface area contributed by atoms with Crippen LogP contribution in [0, 0.1) is 6.92 Å². The van der Waals surface area contributed by atoms with Gasteiger partial charge in [0.05, 0.1) is 10.4 Å². The van der Waals surface area contributed by atoms with Crippen LogP contribution in [0.25, 0.3) is 22.0 Å². The Morgan fingerprint density at radius 1 is 0.977 bits per heavy atom. The summed E-state index contributed by atoms with van der Waals surface area (Å²) in [7, 11) is -3.73. The Morgan fingerprint density at radius 3 is 2.34 bits per heavy atom. The van der Waals surface area contributed by atoms with E-state index < -0.39 is 15.6 Å². The summed E-state index contributed by atoms with van der Waals surface area (Å²) in [5, 5.41) is 7.40. The van der Waals surface area contributed by atoms with Crippen molar-refractivity contribution >= 4 is 38.8 Å². The number of hydrogen-bond donors (Lipinski definition) is 3. The zero-order valence-electron chi connectivity index (χ0n) is 25.8. The number of nitrogens with zero attached hydrogens (tertiary/aromatic N) is 3. The van der Waals surface area contributed by atoms with E-state index in [9.17, 15) is 13.2 Å². The van der Waals surface area contributed by atoms with Crippen molar-refractivity contribution in [1.82, 2.24) is 20.3 Å². The molecule has 1 amide bonds. The lowest BCUT2D eigenvalue weighted by atomic mass is 9.91. The van der Waals surface area contributed by atoms with Gasteiger partial charge in [-0.15, -0.1) is 0 Å². The Kier molecular flexibility index (Phi) is 9.05. The van der Waals surface area contributed by atoms with Gasteiger partial charge in [0.1, 0.15) is 11.4 Å². The highest BCUT2D eigenvalue weighted by Gasteiger charge is 2.25. The first kappa shape index (κ1) is 31.2. The first-order valence-electron chi connectivity index (χ1n) is 15.0. The first-order chi connectivity index (χ1) is 20.9. The van der Waals surface area contributed by atoms with Crippen molar-refractivity contribution in [3.63, 3.8) is 0 Å². The molecule has 232 valence electrons. The molecule has 11 heteroatoms. The predicted molar refractivity (Wildman–Crippen MR) is 173 cm³/mol. The van der Waals surface area contributed by atoms with E-state index in [1.54, 1.807) is 36.4 Å². The van der Waals surface area contributed by atoms with Crippen LogP contribution in [-0.4, -0.2) is 47.1 Å². The van der Waals surface area contributed by atoms with Crippen molar-refractivity contribution in [3.05, 3.63) is 72.1 Å². The summed E-state index contributed by atoms with van der Waals surface area (Å²) in [4.78, 5) is 26.4. The summed E-state index contributed by atoms with van der Waals surface area (Å²) < 4.78 is 33.5. The summed E-state index contributed by atoms with van der Waals surface area (Å²) >= 11 is 0. The Balaban J connectivity index is 1.27. The molecule has 0 unspecified atom stereocenters. The van der Waals surface area contributed by atoms with E-state index in [2.05, 4.69) is 38.3 Å². The molecule has 2 heterocycles. The fourth-order valence-electron chi connectivity index (χ4n) is 5.47. The van der Waals surface area contributed by atoms with E-state index in [1.807, 2.05) is 46.0 Å². The molecule has 0 atom stereocenters. The van der Waals surface area contributed by atoms with Crippen LogP contribution >= 0.6 is 0 Å². The lowest BCUT2D eigenvalue weighted by molar-refractivity contribution is 0.0492. The third kappa shape index (κ3) is 7.63. The van der Waals surface area contributed by atoms with Gasteiger partial charge in [-0.3, -0.25) is 4.72 Å². The van der Waals surface area contributed by atoms with E-state index in [0.29, 0.717) is 11.6 Å². The summed E-state index contributed by atoms with van der Waals surface area (Å²) in [5.41, 5.74) is 4.05. The number of carbonyl (C=O) groups excluding carboxylic acids is 1. The molecule has 1 aliphatic rings. The normalized spacial score (nSPS) is 17.2. The molecule has 2 aromatic carbocycles. The van der Waals surface area contributed by atoms with Crippen LogP contribution in [0.3, 0.4) is 0 Å². The molecule has 4 aromatic rings. The molecule has 0 saturated heterocycles. The molecule has 1 saturated carbocycles. The van der Waals surface area contributed by atoms with E-state index in [-0.39, 0.29) is 28.9 Å². The quantitative estimate of drug-likeness (QED) is 0.201.